The predicted molar refractivity (Wildman–Crippen MR) is 77.2 cm³/mol. The predicted octanol–water partition coefficient (Wildman–Crippen LogP) is 3.56. The van der Waals surface area contributed by atoms with Crippen LogP contribution in [-0.4, -0.2) is 24.7 Å². The fourth-order valence-electron chi connectivity index (χ4n) is 1.60. The molecule has 0 saturated heterocycles. The molecule has 0 spiro atoms. The summed E-state index contributed by atoms with van der Waals surface area (Å²) in [6.45, 7) is 7.22. The Balaban J connectivity index is 2.02. The van der Waals surface area contributed by atoms with Gasteiger partial charge in [-0.15, -0.1) is 11.8 Å². The van der Waals surface area contributed by atoms with E-state index in [4.69, 9.17) is 9.47 Å². The van der Waals surface area contributed by atoms with Gasteiger partial charge in [0.25, 0.3) is 0 Å². The van der Waals surface area contributed by atoms with Crippen LogP contribution in [0.5, 0.6) is 11.5 Å². The molecule has 4 heteroatoms. The monoisotopic (exact) mass is 280 g/mol. The van der Waals surface area contributed by atoms with E-state index >= 15 is 0 Å². The van der Waals surface area contributed by atoms with Crippen molar-refractivity contribution in [2.45, 2.75) is 32.1 Å². The van der Waals surface area contributed by atoms with Crippen molar-refractivity contribution in [3.8, 4) is 11.5 Å². The Morgan fingerprint density at radius 1 is 1.21 bits per heavy atom. The topological polar surface area (TPSA) is 35.5 Å². The lowest BCUT2D eigenvalue weighted by atomic mass is 9.92. The van der Waals surface area contributed by atoms with Gasteiger partial charge in [-0.05, 0) is 18.2 Å². The molecule has 0 aliphatic carbocycles. The maximum Gasteiger partial charge on any atom is 0.162 e. The molecular weight excluding hydrogens is 260 g/mol. The smallest absolute Gasteiger partial charge is 0.162 e. The highest BCUT2D eigenvalue weighted by atomic mass is 32.2. The van der Waals surface area contributed by atoms with Gasteiger partial charge in [-0.25, -0.2) is 0 Å². The van der Waals surface area contributed by atoms with Crippen molar-refractivity contribution in [1.29, 1.82) is 0 Å². The molecule has 1 aromatic carbocycles. The molecule has 2 rings (SSSR count). The van der Waals surface area contributed by atoms with Crippen LogP contribution in [0, 0.1) is 5.41 Å². The lowest BCUT2D eigenvalue weighted by Crippen LogP contribution is -2.21. The van der Waals surface area contributed by atoms with E-state index in [0.717, 1.165) is 22.8 Å². The van der Waals surface area contributed by atoms with Crippen LogP contribution in [0.4, 0.5) is 0 Å². The van der Waals surface area contributed by atoms with Gasteiger partial charge in [0.15, 0.2) is 11.5 Å². The Morgan fingerprint density at radius 3 is 2.58 bits per heavy atom. The third kappa shape index (κ3) is 3.90. The molecule has 1 heterocycles. The van der Waals surface area contributed by atoms with Gasteiger partial charge in [-0.3, -0.25) is 4.79 Å². The standard InChI is InChI=1S/C15H20O3S/c1-15(2,3)14(16)10-19-11-5-6-12-13(9-11)18-8-4-7-17-12/h5-6,9H,4,7-8,10H2,1-3H3. The van der Waals surface area contributed by atoms with E-state index in [0.29, 0.717) is 19.0 Å². The van der Waals surface area contributed by atoms with Gasteiger partial charge in [-0.1, -0.05) is 20.8 Å². The average Bonchev–Trinajstić information content (AvgIpc) is 2.59. The number of hydrogen-bond acceptors (Lipinski definition) is 4. The van der Waals surface area contributed by atoms with E-state index in [9.17, 15) is 4.79 Å². The van der Waals surface area contributed by atoms with Crippen LogP contribution in [0.15, 0.2) is 23.1 Å². The van der Waals surface area contributed by atoms with E-state index < -0.39 is 0 Å². The van der Waals surface area contributed by atoms with Gasteiger partial charge in [0.2, 0.25) is 0 Å². The number of ether oxygens (including phenoxy) is 2. The molecule has 0 bridgehead atoms. The molecule has 1 aromatic rings. The third-order valence-electron chi connectivity index (χ3n) is 2.93. The molecule has 1 aliphatic heterocycles. The molecule has 3 nitrogen and oxygen atoms in total. The molecule has 0 radical (unpaired) electrons. The number of Topliss-reactive ketones (excluding diaryl/α,β-unsaturated/α-hetero) is 1. The summed E-state index contributed by atoms with van der Waals surface area (Å²) in [7, 11) is 0. The molecular formula is C15H20O3S. The van der Waals surface area contributed by atoms with Crippen molar-refractivity contribution in [1.82, 2.24) is 0 Å². The minimum atomic E-state index is -0.279. The first-order chi connectivity index (χ1) is 8.97. The summed E-state index contributed by atoms with van der Waals surface area (Å²) in [4.78, 5) is 12.9. The van der Waals surface area contributed by atoms with Crippen LogP contribution >= 0.6 is 11.8 Å². The molecule has 0 saturated carbocycles. The second kappa shape index (κ2) is 5.87. The lowest BCUT2D eigenvalue weighted by molar-refractivity contribution is -0.123. The zero-order valence-corrected chi connectivity index (χ0v) is 12.5. The summed E-state index contributed by atoms with van der Waals surface area (Å²) in [5.74, 6) is 2.32. The number of benzene rings is 1. The van der Waals surface area contributed by atoms with Crippen molar-refractivity contribution < 1.29 is 14.3 Å². The minimum Gasteiger partial charge on any atom is -0.490 e. The first kappa shape index (κ1) is 14.3. The van der Waals surface area contributed by atoms with Gasteiger partial charge >= 0.3 is 0 Å². The highest BCUT2D eigenvalue weighted by Gasteiger charge is 2.21. The largest absolute Gasteiger partial charge is 0.490 e. The number of carbonyl (C=O) groups is 1. The molecule has 1 aliphatic rings. The summed E-state index contributed by atoms with van der Waals surface area (Å²) in [6.07, 6.45) is 0.902. The van der Waals surface area contributed by atoms with Crippen LogP contribution in [-0.2, 0) is 4.79 Å². The Hall–Kier alpha value is -1.16. The first-order valence-electron chi connectivity index (χ1n) is 6.52. The summed E-state index contributed by atoms with van der Waals surface area (Å²) >= 11 is 1.55. The van der Waals surface area contributed by atoms with Crippen LogP contribution < -0.4 is 9.47 Å². The normalized spacial score (nSPS) is 14.9. The maximum absolute atomic E-state index is 11.9. The van der Waals surface area contributed by atoms with Gasteiger partial charge in [0, 0.05) is 16.7 Å². The zero-order valence-electron chi connectivity index (χ0n) is 11.7. The molecule has 104 valence electrons. The number of rotatable bonds is 3. The molecule has 0 aromatic heterocycles. The van der Waals surface area contributed by atoms with Crippen molar-refractivity contribution in [3.05, 3.63) is 18.2 Å². The maximum atomic E-state index is 11.9. The summed E-state index contributed by atoms with van der Waals surface area (Å²) in [5.41, 5.74) is -0.279. The van der Waals surface area contributed by atoms with Crippen molar-refractivity contribution >= 4 is 17.5 Å². The fraction of sp³-hybridized carbons (Fsp3) is 0.533. The first-order valence-corrected chi connectivity index (χ1v) is 7.51. The Morgan fingerprint density at radius 2 is 1.89 bits per heavy atom. The lowest BCUT2D eigenvalue weighted by Gasteiger charge is -2.16. The van der Waals surface area contributed by atoms with Crippen LogP contribution in [0.25, 0.3) is 0 Å². The number of fused-ring (bicyclic) bond motifs is 1. The Labute approximate surface area is 118 Å². The average molecular weight is 280 g/mol. The zero-order chi connectivity index (χ0) is 13.9. The van der Waals surface area contributed by atoms with Crippen LogP contribution in [0.2, 0.25) is 0 Å². The molecule has 0 unspecified atom stereocenters. The quantitative estimate of drug-likeness (QED) is 0.793. The second-order valence-corrected chi connectivity index (χ2v) is 6.67. The summed E-state index contributed by atoms with van der Waals surface area (Å²) in [5, 5.41) is 0. The molecule has 0 N–H and O–H groups in total. The van der Waals surface area contributed by atoms with E-state index in [1.165, 1.54) is 0 Å². The van der Waals surface area contributed by atoms with E-state index in [2.05, 4.69) is 0 Å². The van der Waals surface area contributed by atoms with E-state index in [1.54, 1.807) is 11.8 Å². The van der Waals surface area contributed by atoms with Gasteiger partial charge in [0.1, 0.15) is 5.78 Å². The third-order valence-corrected chi connectivity index (χ3v) is 3.92. The van der Waals surface area contributed by atoms with Crippen LogP contribution in [0.1, 0.15) is 27.2 Å². The minimum absolute atomic E-state index is 0.254. The van der Waals surface area contributed by atoms with E-state index in [-0.39, 0.29) is 11.2 Å². The molecule has 0 fully saturated rings. The molecule has 19 heavy (non-hydrogen) atoms. The number of carbonyl (C=O) groups excluding carboxylic acids is 1. The second-order valence-electron chi connectivity index (χ2n) is 5.62. The molecule has 0 atom stereocenters. The van der Waals surface area contributed by atoms with E-state index in [1.807, 2.05) is 39.0 Å². The highest BCUT2D eigenvalue weighted by Crippen LogP contribution is 2.34. The van der Waals surface area contributed by atoms with Crippen molar-refractivity contribution in [3.63, 3.8) is 0 Å². The number of hydrogen-bond donors (Lipinski definition) is 0. The van der Waals surface area contributed by atoms with Crippen LogP contribution in [0.3, 0.4) is 0 Å². The van der Waals surface area contributed by atoms with Crippen molar-refractivity contribution in [2.75, 3.05) is 19.0 Å². The Bertz CT molecular complexity index is 463. The fourth-order valence-corrected chi connectivity index (χ4v) is 2.68. The highest BCUT2D eigenvalue weighted by molar-refractivity contribution is 8.00. The summed E-state index contributed by atoms with van der Waals surface area (Å²) in [6, 6.07) is 5.86. The van der Waals surface area contributed by atoms with Gasteiger partial charge in [0.05, 0.1) is 19.0 Å². The summed E-state index contributed by atoms with van der Waals surface area (Å²) < 4.78 is 11.2. The molecule has 0 amide bonds. The number of thioether (sulfide) groups is 1. The van der Waals surface area contributed by atoms with Crippen molar-refractivity contribution in [2.24, 2.45) is 5.41 Å². The Kier molecular flexibility index (Phi) is 4.40. The number of ketones is 1. The van der Waals surface area contributed by atoms with Gasteiger partial charge in [-0.2, -0.15) is 0 Å². The SMILES string of the molecule is CC(C)(C)C(=O)CSc1ccc2c(c1)OCCCO2. The van der Waals surface area contributed by atoms with Gasteiger partial charge < -0.3 is 9.47 Å².